The van der Waals surface area contributed by atoms with Gasteiger partial charge in [0.2, 0.25) is 0 Å². The third kappa shape index (κ3) is 3.70. The highest BCUT2D eigenvalue weighted by Crippen LogP contribution is 2.41. The van der Waals surface area contributed by atoms with Crippen LogP contribution in [0.15, 0.2) is 35.0 Å². The molecule has 0 aliphatic carbocycles. The maximum atomic E-state index is 11.6. The van der Waals surface area contributed by atoms with E-state index in [-0.39, 0.29) is 0 Å². The Labute approximate surface area is 177 Å². The van der Waals surface area contributed by atoms with Crippen molar-refractivity contribution in [3.05, 3.63) is 46.2 Å². The van der Waals surface area contributed by atoms with Crippen LogP contribution in [0.2, 0.25) is 0 Å². The highest BCUT2D eigenvalue weighted by molar-refractivity contribution is 7.15. The molecule has 0 spiro atoms. The zero-order chi connectivity index (χ0) is 19.6. The van der Waals surface area contributed by atoms with Crippen LogP contribution in [0.5, 0.6) is 0 Å². The predicted octanol–water partition coefficient (Wildman–Crippen LogP) is 6.93. The minimum atomic E-state index is -0.509. The van der Waals surface area contributed by atoms with E-state index in [9.17, 15) is 9.59 Å². The van der Waals surface area contributed by atoms with Gasteiger partial charge in [-0.3, -0.25) is 9.59 Å². The summed E-state index contributed by atoms with van der Waals surface area (Å²) >= 11 is 15.3. The Morgan fingerprint density at radius 3 is 1.56 bits per heavy atom. The Morgan fingerprint density at radius 2 is 1.19 bits per heavy atom. The van der Waals surface area contributed by atoms with E-state index in [0.29, 0.717) is 22.2 Å². The summed E-state index contributed by atoms with van der Waals surface area (Å²) in [4.78, 5) is 24.8. The first-order valence-corrected chi connectivity index (χ1v) is 11.1. The van der Waals surface area contributed by atoms with Gasteiger partial charge in [-0.05, 0) is 46.1 Å². The number of carbonyl (C=O) groups excluding carboxylic acids is 2. The molecule has 4 nitrogen and oxygen atoms in total. The summed E-state index contributed by atoms with van der Waals surface area (Å²) in [6.07, 6.45) is 0. The van der Waals surface area contributed by atoms with Crippen LogP contribution >= 0.6 is 57.6 Å². The van der Waals surface area contributed by atoms with Crippen molar-refractivity contribution >= 4 is 79.1 Å². The fraction of sp³-hybridized carbons (Fsp3) is 0.111. The minimum Gasteiger partial charge on any atom is -0.276 e. The number of hydrogen-bond donors (Lipinski definition) is 0. The van der Waals surface area contributed by atoms with Crippen LogP contribution in [-0.4, -0.2) is 19.2 Å². The largest absolute Gasteiger partial charge is 0.276 e. The van der Waals surface area contributed by atoms with Gasteiger partial charge in [-0.25, -0.2) is 0 Å². The lowest BCUT2D eigenvalue weighted by atomic mass is 10.0. The van der Waals surface area contributed by atoms with Gasteiger partial charge < -0.3 is 0 Å². The van der Waals surface area contributed by atoms with Crippen LogP contribution in [0.3, 0.4) is 0 Å². The fourth-order valence-corrected chi connectivity index (χ4v) is 5.42. The van der Waals surface area contributed by atoms with Crippen molar-refractivity contribution in [2.24, 2.45) is 0 Å². The third-order valence-electron chi connectivity index (χ3n) is 3.66. The highest BCUT2D eigenvalue weighted by Gasteiger charge is 2.21. The lowest BCUT2D eigenvalue weighted by Crippen LogP contribution is -1.92. The molecule has 0 aliphatic rings. The summed E-state index contributed by atoms with van der Waals surface area (Å²) < 4.78 is 8.78. The van der Waals surface area contributed by atoms with Gasteiger partial charge in [0.1, 0.15) is 11.0 Å². The number of carbonyl (C=O) groups is 2. The average Bonchev–Trinajstić information content (AvgIpc) is 3.41. The molecule has 0 N–H and O–H groups in total. The van der Waals surface area contributed by atoms with Crippen molar-refractivity contribution in [3.8, 4) is 20.9 Å². The number of fused-ring (bicyclic) bond motifs is 1. The molecule has 0 fully saturated rings. The van der Waals surface area contributed by atoms with E-state index in [0.717, 1.165) is 32.6 Å². The smallest absolute Gasteiger partial charge is 0.253 e. The van der Waals surface area contributed by atoms with Gasteiger partial charge in [0.15, 0.2) is 0 Å². The van der Waals surface area contributed by atoms with Crippen LogP contribution in [0.25, 0.3) is 31.9 Å². The topological polar surface area (TPSA) is 59.9 Å². The zero-order valence-corrected chi connectivity index (χ0v) is 18.1. The van der Waals surface area contributed by atoms with Crippen molar-refractivity contribution < 1.29 is 9.59 Å². The molecule has 0 atom stereocenters. The maximum absolute atomic E-state index is 11.6. The second kappa shape index (κ2) is 8.58. The lowest BCUT2D eigenvalue weighted by Gasteiger charge is -2.06. The first-order valence-electron chi connectivity index (χ1n) is 7.88. The molecule has 0 bridgehead atoms. The average molecular weight is 455 g/mol. The summed E-state index contributed by atoms with van der Waals surface area (Å²) in [5.41, 5.74) is 3.82. The Balaban J connectivity index is 0.00000102. The highest BCUT2D eigenvalue weighted by atomic mass is 35.5. The molecule has 0 aliphatic heterocycles. The van der Waals surface area contributed by atoms with E-state index >= 15 is 0 Å². The Hall–Kier alpha value is -1.64. The summed E-state index contributed by atoms with van der Waals surface area (Å²) in [5.74, 6) is 0. The van der Waals surface area contributed by atoms with Crippen LogP contribution in [0.1, 0.15) is 34.6 Å². The second-order valence-corrected chi connectivity index (χ2v) is 8.04. The van der Waals surface area contributed by atoms with Crippen molar-refractivity contribution in [3.63, 3.8) is 0 Å². The third-order valence-corrected chi connectivity index (χ3v) is 6.49. The van der Waals surface area contributed by atoms with Crippen LogP contribution in [0.4, 0.5) is 0 Å². The Bertz CT molecular complexity index is 1040. The Morgan fingerprint density at radius 1 is 0.778 bits per heavy atom. The predicted molar refractivity (Wildman–Crippen MR) is 116 cm³/mol. The van der Waals surface area contributed by atoms with E-state index in [2.05, 4.69) is 8.75 Å². The summed E-state index contributed by atoms with van der Waals surface area (Å²) in [6, 6.07) is 7.13. The molecule has 3 heterocycles. The van der Waals surface area contributed by atoms with Crippen LogP contribution in [-0.2, 0) is 0 Å². The zero-order valence-electron chi connectivity index (χ0n) is 14.2. The van der Waals surface area contributed by atoms with Crippen molar-refractivity contribution in [2.45, 2.75) is 13.8 Å². The summed E-state index contributed by atoms with van der Waals surface area (Å²) in [6.45, 7) is 4.00. The van der Waals surface area contributed by atoms with Gasteiger partial charge in [0, 0.05) is 20.9 Å². The van der Waals surface area contributed by atoms with Crippen molar-refractivity contribution in [2.75, 3.05) is 0 Å². The monoisotopic (exact) mass is 454 g/mol. The van der Waals surface area contributed by atoms with Crippen molar-refractivity contribution in [1.29, 1.82) is 0 Å². The van der Waals surface area contributed by atoms with E-state index in [1.54, 1.807) is 12.1 Å². The molecular formula is C18H12Cl2N2O2S3. The quantitative estimate of drug-likeness (QED) is 0.313. The number of hydrogen-bond acceptors (Lipinski definition) is 7. The number of thiophene rings is 2. The van der Waals surface area contributed by atoms with Gasteiger partial charge in [-0.2, -0.15) is 8.75 Å². The lowest BCUT2D eigenvalue weighted by molar-refractivity contribution is 0.107. The molecule has 0 amide bonds. The molecule has 27 heavy (non-hydrogen) atoms. The molecule has 1 aromatic carbocycles. The van der Waals surface area contributed by atoms with Gasteiger partial charge in [0.05, 0.1) is 22.9 Å². The van der Waals surface area contributed by atoms with E-state index in [1.165, 1.54) is 22.7 Å². The fourth-order valence-electron chi connectivity index (χ4n) is 2.58. The first-order chi connectivity index (χ1) is 13.1. The molecular weight excluding hydrogens is 443 g/mol. The molecule has 3 aromatic heterocycles. The molecule has 4 rings (SSSR count). The molecule has 9 heteroatoms. The maximum Gasteiger partial charge on any atom is 0.253 e. The minimum absolute atomic E-state index is 0.446. The normalized spacial score (nSPS) is 10.5. The van der Waals surface area contributed by atoms with Gasteiger partial charge in [-0.1, -0.05) is 26.0 Å². The SMILES string of the molecule is CC.O=C(Cl)c1ccsc1-c1ccc(-c2sccc2C(=O)Cl)c2nsnc12. The number of aromatic nitrogens is 2. The standard InChI is InChI=1S/C16H6Cl2N2O2S3.C2H6/c17-15(21)9-3-5-23-13(9)7-1-2-8(12-11(7)19-25-20-12)14-10(16(18)22)4-6-24-14;1-2/h1-6H;1-2H3. The number of halogens is 2. The second-order valence-electron chi connectivity index (χ2n) is 5.00. The van der Waals surface area contributed by atoms with E-state index in [4.69, 9.17) is 23.2 Å². The van der Waals surface area contributed by atoms with Crippen LogP contribution in [0, 0.1) is 0 Å². The summed E-state index contributed by atoms with van der Waals surface area (Å²) in [5, 5.41) is 2.61. The van der Waals surface area contributed by atoms with Gasteiger partial charge in [-0.15, -0.1) is 22.7 Å². The first kappa shape index (κ1) is 20.1. The molecule has 4 aromatic rings. The number of rotatable bonds is 4. The van der Waals surface area contributed by atoms with E-state index in [1.807, 2.05) is 36.7 Å². The molecule has 0 saturated carbocycles. The van der Waals surface area contributed by atoms with Gasteiger partial charge in [0.25, 0.3) is 10.5 Å². The van der Waals surface area contributed by atoms with Crippen LogP contribution < -0.4 is 0 Å². The summed E-state index contributed by atoms with van der Waals surface area (Å²) in [7, 11) is 0. The van der Waals surface area contributed by atoms with Crippen molar-refractivity contribution in [1.82, 2.24) is 8.75 Å². The van der Waals surface area contributed by atoms with E-state index < -0.39 is 10.5 Å². The molecule has 0 saturated heterocycles. The Kier molecular flexibility index (Phi) is 6.39. The number of benzene rings is 1. The molecule has 0 radical (unpaired) electrons. The molecule has 0 unspecified atom stereocenters. The van der Waals surface area contributed by atoms with Gasteiger partial charge >= 0.3 is 0 Å². The number of nitrogens with zero attached hydrogens (tertiary/aromatic N) is 2. The molecule has 138 valence electrons.